The highest BCUT2D eigenvalue weighted by molar-refractivity contribution is 6.37. The first-order chi connectivity index (χ1) is 7.77. The van der Waals surface area contributed by atoms with Crippen LogP contribution in [0.5, 0.6) is 5.75 Å². The van der Waals surface area contributed by atoms with Crippen molar-refractivity contribution < 1.29 is 17.9 Å². The lowest BCUT2D eigenvalue weighted by Crippen LogP contribution is -2.09. The third-order valence-corrected chi connectivity index (χ3v) is 2.54. The zero-order valence-corrected chi connectivity index (χ0v) is 10.4. The minimum absolute atomic E-state index is 0.0275. The van der Waals surface area contributed by atoms with E-state index in [2.05, 4.69) is 6.58 Å². The monoisotopic (exact) mass is 284 g/mol. The molecule has 0 aliphatic carbocycles. The summed E-state index contributed by atoms with van der Waals surface area (Å²) in [4.78, 5) is 0. The average molecular weight is 285 g/mol. The van der Waals surface area contributed by atoms with E-state index in [1.54, 1.807) is 6.92 Å². The molecular weight excluding hydrogens is 276 g/mol. The van der Waals surface area contributed by atoms with Crippen LogP contribution in [0.2, 0.25) is 10.0 Å². The number of alkyl halides is 3. The van der Waals surface area contributed by atoms with Gasteiger partial charge in [0.25, 0.3) is 0 Å². The maximum Gasteiger partial charge on any atom is 0.416 e. The van der Waals surface area contributed by atoms with Gasteiger partial charge in [0.2, 0.25) is 0 Å². The van der Waals surface area contributed by atoms with Crippen LogP contribution in [0.1, 0.15) is 12.5 Å². The van der Waals surface area contributed by atoms with E-state index in [0.717, 1.165) is 12.1 Å². The van der Waals surface area contributed by atoms with E-state index in [-0.39, 0.29) is 21.4 Å². The highest BCUT2D eigenvalue weighted by Crippen LogP contribution is 2.39. The molecule has 0 aliphatic rings. The number of allylic oxidation sites excluding steroid dienone is 1. The van der Waals surface area contributed by atoms with Gasteiger partial charge < -0.3 is 4.74 Å². The van der Waals surface area contributed by atoms with Gasteiger partial charge in [0.15, 0.2) is 5.75 Å². The molecule has 0 saturated carbocycles. The Bertz CT molecular complexity index is 418. The van der Waals surface area contributed by atoms with Crippen molar-refractivity contribution >= 4 is 28.8 Å². The molecule has 0 atom stereocenters. The van der Waals surface area contributed by atoms with Gasteiger partial charge in [-0.15, -0.1) is 0 Å². The molecule has 0 bridgehead atoms. The second-order valence-corrected chi connectivity index (χ2v) is 3.99. The van der Waals surface area contributed by atoms with Gasteiger partial charge in [-0.1, -0.05) is 29.8 Å². The third-order valence-electron chi connectivity index (χ3n) is 1.98. The van der Waals surface area contributed by atoms with Crippen LogP contribution in [0.25, 0.3) is 5.57 Å². The molecule has 1 aromatic carbocycles. The van der Waals surface area contributed by atoms with Crippen molar-refractivity contribution in [3.8, 4) is 5.75 Å². The molecule has 0 saturated heterocycles. The van der Waals surface area contributed by atoms with Gasteiger partial charge in [0, 0.05) is 0 Å². The summed E-state index contributed by atoms with van der Waals surface area (Å²) >= 11 is 11.6. The van der Waals surface area contributed by atoms with Crippen LogP contribution in [0, 0.1) is 0 Å². The molecule has 0 amide bonds. The van der Waals surface area contributed by atoms with Crippen LogP contribution in [0.4, 0.5) is 13.2 Å². The summed E-state index contributed by atoms with van der Waals surface area (Å²) in [5, 5.41) is 0.0551. The lowest BCUT2D eigenvalue weighted by atomic mass is 10.1. The molecule has 0 N–H and O–H groups in total. The molecule has 0 aromatic heterocycles. The second kappa shape index (κ2) is 5.19. The molecule has 94 valence electrons. The molecule has 0 heterocycles. The Morgan fingerprint density at radius 1 is 1.29 bits per heavy atom. The van der Waals surface area contributed by atoms with Gasteiger partial charge in [-0.3, -0.25) is 0 Å². The molecule has 0 fully saturated rings. The molecule has 0 spiro atoms. The second-order valence-electron chi connectivity index (χ2n) is 3.18. The molecule has 0 aliphatic heterocycles. The van der Waals surface area contributed by atoms with Crippen molar-refractivity contribution in [1.82, 2.24) is 0 Å². The molecule has 1 aromatic rings. The summed E-state index contributed by atoms with van der Waals surface area (Å²) in [5.74, 6) is 0.176. The van der Waals surface area contributed by atoms with Crippen LogP contribution >= 0.6 is 23.2 Å². The van der Waals surface area contributed by atoms with Crippen LogP contribution in [0.3, 0.4) is 0 Å². The molecule has 17 heavy (non-hydrogen) atoms. The minimum Gasteiger partial charge on any atom is -0.491 e. The molecule has 0 radical (unpaired) electrons. The van der Waals surface area contributed by atoms with Crippen molar-refractivity contribution in [2.45, 2.75) is 13.1 Å². The zero-order valence-electron chi connectivity index (χ0n) is 8.87. The van der Waals surface area contributed by atoms with Crippen molar-refractivity contribution in [2.75, 3.05) is 6.61 Å². The first-order valence-electron chi connectivity index (χ1n) is 4.65. The number of hydrogen-bond acceptors (Lipinski definition) is 1. The normalized spacial score (nSPS) is 11.4. The molecule has 1 rings (SSSR count). The molecule has 0 unspecified atom stereocenters. The van der Waals surface area contributed by atoms with E-state index in [9.17, 15) is 13.2 Å². The van der Waals surface area contributed by atoms with Crippen LogP contribution < -0.4 is 4.74 Å². The van der Waals surface area contributed by atoms with Crippen molar-refractivity contribution in [1.29, 1.82) is 0 Å². The Hall–Kier alpha value is -0.870. The van der Waals surface area contributed by atoms with E-state index >= 15 is 0 Å². The van der Waals surface area contributed by atoms with Gasteiger partial charge in [-0.25, -0.2) is 0 Å². The smallest absolute Gasteiger partial charge is 0.416 e. The third kappa shape index (κ3) is 3.30. The lowest BCUT2D eigenvalue weighted by molar-refractivity contribution is -0.0686. The highest BCUT2D eigenvalue weighted by atomic mass is 35.5. The predicted molar refractivity (Wildman–Crippen MR) is 62.7 cm³/mol. The topological polar surface area (TPSA) is 9.23 Å². The zero-order chi connectivity index (χ0) is 13.2. The van der Waals surface area contributed by atoms with Gasteiger partial charge in [0.1, 0.15) is 0 Å². The number of halogens is 5. The first kappa shape index (κ1) is 14.2. The average Bonchev–Trinajstić information content (AvgIpc) is 2.20. The Balaban J connectivity index is 3.19. The Labute approximate surface area is 107 Å². The molecule has 1 nitrogen and oxygen atoms in total. The Morgan fingerprint density at radius 2 is 1.76 bits per heavy atom. The predicted octanol–water partition coefficient (Wildman–Crippen LogP) is 4.97. The van der Waals surface area contributed by atoms with E-state index < -0.39 is 11.7 Å². The molecule has 6 heteroatoms. The number of hydrogen-bond donors (Lipinski definition) is 0. The Kier molecular flexibility index (Phi) is 4.33. The summed E-state index contributed by atoms with van der Waals surface area (Å²) in [7, 11) is 0. The fraction of sp³-hybridized carbons (Fsp3) is 0.273. The maximum atomic E-state index is 12.4. The summed E-state index contributed by atoms with van der Waals surface area (Å²) in [5.41, 5.74) is -1.17. The summed E-state index contributed by atoms with van der Waals surface area (Å²) in [6.45, 7) is 5.01. The van der Waals surface area contributed by atoms with Crippen molar-refractivity contribution in [2.24, 2.45) is 0 Å². The van der Waals surface area contributed by atoms with Gasteiger partial charge in [0.05, 0.1) is 22.2 Å². The van der Waals surface area contributed by atoms with Crippen molar-refractivity contribution in [3.05, 3.63) is 34.3 Å². The van der Waals surface area contributed by atoms with Gasteiger partial charge in [-0.05, 0) is 24.6 Å². The maximum absolute atomic E-state index is 12.4. The molecular formula is C11H9Cl2F3O. The van der Waals surface area contributed by atoms with E-state index in [1.165, 1.54) is 0 Å². The van der Waals surface area contributed by atoms with E-state index in [0.29, 0.717) is 6.61 Å². The van der Waals surface area contributed by atoms with Gasteiger partial charge >= 0.3 is 6.18 Å². The quantitative estimate of drug-likeness (QED) is 0.762. The number of rotatable bonds is 3. The first-order valence-corrected chi connectivity index (χ1v) is 5.41. The summed E-state index contributed by atoms with van der Waals surface area (Å²) in [6, 6.07) is 2.27. The summed E-state index contributed by atoms with van der Waals surface area (Å²) in [6.07, 6.45) is -4.51. The lowest BCUT2D eigenvalue weighted by Gasteiger charge is -2.13. The number of benzene rings is 1. The van der Waals surface area contributed by atoms with Crippen LogP contribution in [0.15, 0.2) is 18.7 Å². The van der Waals surface area contributed by atoms with E-state index in [4.69, 9.17) is 27.9 Å². The minimum atomic E-state index is -4.51. The Morgan fingerprint density at radius 3 is 2.12 bits per heavy atom. The highest BCUT2D eigenvalue weighted by Gasteiger charge is 2.33. The van der Waals surface area contributed by atoms with E-state index in [1.807, 2.05) is 0 Å². The standard InChI is InChI=1S/C11H9Cl2F3O/c1-3-17-10-8(12)4-7(5-9(10)13)6(2)11(14,15)16/h4-5H,2-3H2,1H3. The SMILES string of the molecule is C=C(c1cc(Cl)c(OCC)c(Cl)c1)C(F)(F)F. The largest absolute Gasteiger partial charge is 0.491 e. The number of ether oxygens (including phenoxy) is 1. The fourth-order valence-corrected chi connectivity index (χ4v) is 1.78. The van der Waals surface area contributed by atoms with Gasteiger partial charge in [-0.2, -0.15) is 13.2 Å². The fourth-order valence-electron chi connectivity index (χ4n) is 1.18. The summed E-state index contributed by atoms with van der Waals surface area (Å²) < 4.78 is 42.4. The van der Waals surface area contributed by atoms with Crippen LogP contribution in [-0.2, 0) is 0 Å². The van der Waals surface area contributed by atoms with Crippen molar-refractivity contribution in [3.63, 3.8) is 0 Å². The van der Waals surface area contributed by atoms with Crippen LogP contribution in [-0.4, -0.2) is 12.8 Å².